The molecule has 0 atom stereocenters. The van der Waals surface area contributed by atoms with Crippen LogP contribution in [0.3, 0.4) is 0 Å². The van der Waals surface area contributed by atoms with Gasteiger partial charge in [0.1, 0.15) is 0 Å². The first-order valence-corrected chi connectivity index (χ1v) is 5.64. The molecule has 1 aromatic rings. The molecule has 0 aliphatic carbocycles. The van der Waals surface area contributed by atoms with Crippen molar-refractivity contribution >= 4 is 0 Å². The van der Waals surface area contributed by atoms with E-state index in [1.165, 1.54) is 0 Å². The third-order valence-electron chi connectivity index (χ3n) is 3.33. The SMILES string of the molecule is Cc1ccc(C(C)(C)C(F)(F)C(C)C)cc1. The minimum absolute atomic E-state index is 0.663. The van der Waals surface area contributed by atoms with Gasteiger partial charge in [-0.15, -0.1) is 0 Å². The summed E-state index contributed by atoms with van der Waals surface area (Å²) in [5, 5.41) is 0. The van der Waals surface area contributed by atoms with E-state index in [4.69, 9.17) is 0 Å². The van der Waals surface area contributed by atoms with Gasteiger partial charge in [0.25, 0.3) is 5.92 Å². The van der Waals surface area contributed by atoms with Gasteiger partial charge in [0.05, 0.1) is 5.41 Å². The number of aryl methyl sites for hydroxylation is 1. The first kappa shape index (κ1) is 13.1. The summed E-state index contributed by atoms with van der Waals surface area (Å²) in [6.45, 7) is 8.30. The first-order chi connectivity index (χ1) is 7.19. The summed E-state index contributed by atoms with van der Waals surface area (Å²) >= 11 is 0. The van der Waals surface area contributed by atoms with Crippen LogP contribution in [0.4, 0.5) is 8.78 Å². The number of alkyl halides is 2. The van der Waals surface area contributed by atoms with Crippen LogP contribution in [0.5, 0.6) is 0 Å². The molecule has 0 saturated heterocycles. The maximum atomic E-state index is 14.1. The molecule has 1 rings (SSSR count). The van der Waals surface area contributed by atoms with Crippen molar-refractivity contribution in [3.8, 4) is 0 Å². The summed E-state index contributed by atoms with van der Waals surface area (Å²) in [5.74, 6) is -3.37. The summed E-state index contributed by atoms with van der Waals surface area (Å²) in [7, 11) is 0. The number of hydrogen-bond donors (Lipinski definition) is 0. The van der Waals surface area contributed by atoms with Gasteiger partial charge in [-0.2, -0.15) is 0 Å². The van der Waals surface area contributed by atoms with Gasteiger partial charge in [-0.05, 0) is 26.3 Å². The van der Waals surface area contributed by atoms with Gasteiger partial charge in [0.15, 0.2) is 0 Å². The van der Waals surface area contributed by atoms with Gasteiger partial charge >= 0.3 is 0 Å². The topological polar surface area (TPSA) is 0 Å². The Labute approximate surface area is 96.7 Å². The number of hydrogen-bond acceptors (Lipinski definition) is 0. The van der Waals surface area contributed by atoms with Crippen LogP contribution in [0.1, 0.15) is 38.8 Å². The van der Waals surface area contributed by atoms with Crippen molar-refractivity contribution in [3.63, 3.8) is 0 Å². The minimum Gasteiger partial charge on any atom is -0.206 e. The smallest absolute Gasteiger partial charge is 0.206 e. The van der Waals surface area contributed by atoms with E-state index in [0.29, 0.717) is 5.56 Å². The van der Waals surface area contributed by atoms with Gasteiger partial charge < -0.3 is 0 Å². The lowest BCUT2D eigenvalue weighted by atomic mass is 9.74. The fraction of sp³-hybridized carbons (Fsp3) is 0.571. The Balaban J connectivity index is 3.15. The van der Waals surface area contributed by atoms with Crippen LogP contribution in [0.25, 0.3) is 0 Å². The fourth-order valence-corrected chi connectivity index (χ4v) is 1.88. The van der Waals surface area contributed by atoms with Crippen molar-refractivity contribution < 1.29 is 8.78 Å². The molecule has 0 unspecified atom stereocenters. The maximum Gasteiger partial charge on any atom is 0.259 e. The van der Waals surface area contributed by atoms with E-state index in [2.05, 4.69) is 0 Å². The van der Waals surface area contributed by atoms with Crippen molar-refractivity contribution in [1.82, 2.24) is 0 Å². The van der Waals surface area contributed by atoms with E-state index in [1.54, 1.807) is 39.8 Å². The molecule has 0 bridgehead atoms. The predicted molar refractivity (Wildman–Crippen MR) is 64.0 cm³/mol. The molecule has 0 spiro atoms. The molecular formula is C14H20F2. The molecular weight excluding hydrogens is 206 g/mol. The minimum atomic E-state index is -2.71. The summed E-state index contributed by atoms with van der Waals surface area (Å²) in [6.07, 6.45) is 0. The normalized spacial score (nSPS) is 13.2. The zero-order chi connectivity index (χ0) is 12.6. The Bertz CT molecular complexity index is 348. The second-order valence-electron chi connectivity index (χ2n) is 5.27. The lowest BCUT2D eigenvalue weighted by Crippen LogP contribution is -2.44. The third-order valence-corrected chi connectivity index (χ3v) is 3.33. The second kappa shape index (κ2) is 4.15. The lowest BCUT2D eigenvalue weighted by Gasteiger charge is -2.37. The molecule has 0 heterocycles. The summed E-state index contributed by atoms with van der Waals surface area (Å²) < 4.78 is 28.2. The quantitative estimate of drug-likeness (QED) is 0.708. The molecule has 0 amide bonds. The van der Waals surface area contributed by atoms with Gasteiger partial charge in [0.2, 0.25) is 0 Å². The van der Waals surface area contributed by atoms with Gasteiger partial charge in [-0.25, -0.2) is 8.78 Å². The average Bonchev–Trinajstić information content (AvgIpc) is 2.17. The summed E-state index contributed by atoms with van der Waals surface area (Å²) in [4.78, 5) is 0. The molecule has 0 aliphatic rings. The molecule has 90 valence electrons. The summed E-state index contributed by atoms with van der Waals surface area (Å²) in [5.41, 5.74) is 0.652. The molecule has 0 nitrogen and oxygen atoms in total. The molecule has 2 heteroatoms. The highest BCUT2D eigenvalue weighted by atomic mass is 19.3. The van der Waals surface area contributed by atoms with Gasteiger partial charge in [-0.1, -0.05) is 43.7 Å². The Morgan fingerprint density at radius 1 is 1.00 bits per heavy atom. The molecule has 0 radical (unpaired) electrons. The Morgan fingerprint density at radius 3 is 1.81 bits per heavy atom. The second-order valence-corrected chi connectivity index (χ2v) is 5.27. The van der Waals surface area contributed by atoms with Crippen LogP contribution in [0.2, 0.25) is 0 Å². The Morgan fingerprint density at radius 2 is 1.44 bits per heavy atom. The fourth-order valence-electron chi connectivity index (χ4n) is 1.88. The first-order valence-electron chi connectivity index (χ1n) is 5.64. The highest BCUT2D eigenvalue weighted by molar-refractivity contribution is 5.29. The van der Waals surface area contributed by atoms with Crippen LogP contribution in [0.15, 0.2) is 24.3 Å². The monoisotopic (exact) mass is 226 g/mol. The van der Waals surface area contributed by atoms with Crippen molar-refractivity contribution in [2.24, 2.45) is 5.92 Å². The molecule has 0 aliphatic heterocycles. The van der Waals surface area contributed by atoms with Crippen LogP contribution >= 0.6 is 0 Å². The molecule has 1 aromatic carbocycles. The molecule has 0 fully saturated rings. The molecule has 16 heavy (non-hydrogen) atoms. The highest BCUT2D eigenvalue weighted by Gasteiger charge is 2.49. The lowest BCUT2D eigenvalue weighted by molar-refractivity contribution is -0.104. The zero-order valence-corrected chi connectivity index (χ0v) is 10.6. The highest BCUT2D eigenvalue weighted by Crippen LogP contribution is 2.43. The van der Waals surface area contributed by atoms with Crippen LogP contribution in [-0.4, -0.2) is 5.92 Å². The van der Waals surface area contributed by atoms with Crippen LogP contribution in [0, 0.1) is 12.8 Å². The average molecular weight is 226 g/mol. The van der Waals surface area contributed by atoms with E-state index in [-0.39, 0.29) is 0 Å². The van der Waals surface area contributed by atoms with E-state index in [1.807, 2.05) is 19.1 Å². The van der Waals surface area contributed by atoms with E-state index >= 15 is 0 Å². The van der Waals surface area contributed by atoms with E-state index in [0.717, 1.165) is 5.56 Å². The Kier molecular flexibility index (Phi) is 3.41. The van der Waals surface area contributed by atoms with Crippen LogP contribution in [-0.2, 0) is 5.41 Å². The van der Waals surface area contributed by atoms with Crippen molar-refractivity contribution in [2.45, 2.75) is 46.0 Å². The number of halogens is 2. The van der Waals surface area contributed by atoms with Crippen LogP contribution < -0.4 is 0 Å². The maximum absolute atomic E-state index is 14.1. The van der Waals surface area contributed by atoms with Gasteiger partial charge in [-0.3, -0.25) is 0 Å². The summed E-state index contributed by atoms with van der Waals surface area (Å²) in [6, 6.07) is 7.36. The standard InChI is InChI=1S/C14H20F2/c1-10(2)14(15,16)13(4,5)12-8-6-11(3)7-9-12/h6-10H,1-5H3. The predicted octanol–water partition coefficient (Wildman–Crippen LogP) is 4.56. The third kappa shape index (κ3) is 2.11. The molecule has 0 N–H and O–H groups in total. The largest absolute Gasteiger partial charge is 0.259 e. The van der Waals surface area contributed by atoms with Crippen molar-refractivity contribution in [3.05, 3.63) is 35.4 Å². The number of rotatable bonds is 3. The van der Waals surface area contributed by atoms with E-state index < -0.39 is 17.3 Å². The van der Waals surface area contributed by atoms with Crippen molar-refractivity contribution in [1.29, 1.82) is 0 Å². The zero-order valence-electron chi connectivity index (χ0n) is 10.6. The molecule has 0 saturated carbocycles. The van der Waals surface area contributed by atoms with E-state index in [9.17, 15) is 8.78 Å². The van der Waals surface area contributed by atoms with Gasteiger partial charge in [0, 0.05) is 5.92 Å². The molecule has 0 aromatic heterocycles. The Hall–Kier alpha value is -0.920. The number of benzene rings is 1. The van der Waals surface area contributed by atoms with Crippen molar-refractivity contribution in [2.75, 3.05) is 0 Å².